The van der Waals surface area contributed by atoms with Crippen molar-refractivity contribution in [1.82, 2.24) is 4.90 Å². The summed E-state index contributed by atoms with van der Waals surface area (Å²) in [5.41, 5.74) is 4.83. The van der Waals surface area contributed by atoms with Gasteiger partial charge in [-0.25, -0.2) is 0 Å². The van der Waals surface area contributed by atoms with E-state index >= 15 is 0 Å². The van der Waals surface area contributed by atoms with E-state index in [1.54, 1.807) is 0 Å². The molecule has 0 saturated carbocycles. The summed E-state index contributed by atoms with van der Waals surface area (Å²) >= 11 is 0. The van der Waals surface area contributed by atoms with Gasteiger partial charge < -0.3 is 4.90 Å². The molecule has 1 aliphatic rings. The molecular formula is C17H24N2. The second kappa shape index (κ2) is 6.93. The van der Waals surface area contributed by atoms with Gasteiger partial charge in [-0.1, -0.05) is 49.8 Å². The molecular weight excluding hydrogens is 232 g/mol. The van der Waals surface area contributed by atoms with Crippen molar-refractivity contribution in [1.29, 1.82) is 5.41 Å². The fourth-order valence-electron chi connectivity index (χ4n) is 2.13. The quantitative estimate of drug-likeness (QED) is 0.818. The molecule has 19 heavy (non-hydrogen) atoms. The summed E-state index contributed by atoms with van der Waals surface area (Å²) in [6, 6.07) is 8.49. The van der Waals surface area contributed by atoms with Gasteiger partial charge in [-0.15, -0.1) is 0 Å². The molecule has 0 spiro atoms. The molecule has 1 aromatic carbocycles. The molecule has 1 heterocycles. The van der Waals surface area contributed by atoms with Crippen molar-refractivity contribution in [2.45, 2.75) is 41.2 Å². The normalized spacial score (nSPS) is 16.3. The van der Waals surface area contributed by atoms with Crippen LogP contribution in [0.25, 0.3) is 0 Å². The Morgan fingerprint density at radius 3 is 2.21 bits per heavy atom. The van der Waals surface area contributed by atoms with Crippen molar-refractivity contribution in [3.63, 3.8) is 0 Å². The molecule has 0 bridgehead atoms. The number of amidine groups is 1. The third-order valence-electron chi connectivity index (χ3n) is 3.07. The SMILES string of the molecule is C/C=C1/C(C)=CC(=N)N1Cc1ccc(C)cc1.CC. The van der Waals surface area contributed by atoms with Gasteiger partial charge in [-0.2, -0.15) is 0 Å². The fourth-order valence-corrected chi connectivity index (χ4v) is 2.13. The van der Waals surface area contributed by atoms with E-state index in [1.807, 2.05) is 31.7 Å². The molecule has 0 aliphatic carbocycles. The van der Waals surface area contributed by atoms with E-state index in [9.17, 15) is 0 Å². The Morgan fingerprint density at radius 1 is 1.11 bits per heavy atom. The van der Waals surface area contributed by atoms with Crippen LogP contribution in [0.4, 0.5) is 0 Å². The van der Waals surface area contributed by atoms with E-state index in [4.69, 9.17) is 5.41 Å². The number of allylic oxidation sites excluding steroid dienone is 2. The van der Waals surface area contributed by atoms with E-state index < -0.39 is 0 Å². The summed E-state index contributed by atoms with van der Waals surface area (Å²) in [4.78, 5) is 2.04. The lowest BCUT2D eigenvalue weighted by Gasteiger charge is -2.21. The molecule has 0 aromatic heterocycles. The molecule has 1 aromatic rings. The number of nitrogens with zero attached hydrogens (tertiary/aromatic N) is 1. The molecule has 0 unspecified atom stereocenters. The van der Waals surface area contributed by atoms with Gasteiger partial charge in [0.2, 0.25) is 0 Å². The molecule has 0 radical (unpaired) electrons. The molecule has 2 heteroatoms. The average Bonchev–Trinajstić information content (AvgIpc) is 2.69. The van der Waals surface area contributed by atoms with Crippen LogP contribution in [0.15, 0.2) is 47.7 Å². The van der Waals surface area contributed by atoms with E-state index in [1.165, 1.54) is 16.7 Å². The average molecular weight is 256 g/mol. The summed E-state index contributed by atoms with van der Waals surface area (Å²) in [7, 11) is 0. The zero-order valence-electron chi connectivity index (χ0n) is 12.6. The van der Waals surface area contributed by atoms with Crippen LogP contribution in [0.5, 0.6) is 0 Å². The number of rotatable bonds is 2. The van der Waals surface area contributed by atoms with Gasteiger partial charge >= 0.3 is 0 Å². The van der Waals surface area contributed by atoms with Crippen molar-refractivity contribution < 1.29 is 0 Å². The van der Waals surface area contributed by atoms with Crippen LogP contribution in [-0.4, -0.2) is 10.7 Å². The van der Waals surface area contributed by atoms with Gasteiger partial charge in [0, 0.05) is 12.2 Å². The summed E-state index contributed by atoms with van der Waals surface area (Å²) in [6.07, 6.45) is 3.99. The smallest absolute Gasteiger partial charge is 0.125 e. The number of aryl methyl sites for hydroxylation is 1. The van der Waals surface area contributed by atoms with Crippen LogP contribution in [0.1, 0.15) is 38.8 Å². The van der Waals surface area contributed by atoms with Gasteiger partial charge in [0.25, 0.3) is 0 Å². The van der Waals surface area contributed by atoms with Crippen LogP contribution < -0.4 is 0 Å². The third kappa shape index (κ3) is 3.57. The maximum Gasteiger partial charge on any atom is 0.125 e. The number of benzene rings is 1. The monoisotopic (exact) mass is 256 g/mol. The lowest BCUT2D eigenvalue weighted by Crippen LogP contribution is -2.23. The Morgan fingerprint density at radius 2 is 1.68 bits per heavy atom. The molecule has 0 saturated heterocycles. The lowest BCUT2D eigenvalue weighted by atomic mass is 10.1. The van der Waals surface area contributed by atoms with Crippen molar-refractivity contribution in [3.05, 3.63) is 58.8 Å². The zero-order chi connectivity index (χ0) is 14.4. The van der Waals surface area contributed by atoms with Crippen molar-refractivity contribution in [2.24, 2.45) is 0 Å². The summed E-state index contributed by atoms with van der Waals surface area (Å²) in [5.74, 6) is 0.580. The minimum Gasteiger partial charge on any atom is -0.322 e. The summed E-state index contributed by atoms with van der Waals surface area (Å²) in [6.45, 7) is 10.9. The number of hydrogen-bond acceptors (Lipinski definition) is 1. The Kier molecular flexibility index (Phi) is 5.56. The Labute approximate surface area is 117 Å². The number of nitrogens with one attached hydrogen (secondary N) is 1. The van der Waals surface area contributed by atoms with Gasteiger partial charge in [0.1, 0.15) is 5.84 Å². The number of hydrogen-bond donors (Lipinski definition) is 1. The highest BCUT2D eigenvalue weighted by Crippen LogP contribution is 2.25. The van der Waals surface area contributed by atoms with Crippen LogP contribution in [0.2, 0.25) is 0 Å². The molecule has 0 amide bonds. The largest absolute Gasteiger partial charge is 0.322 e. The first kappa shape index (κ1) is 15.2. The predicted molar refractivity (Wildman–Crippen MR) is 83.3 cm³/mol. The standard InChI is InChI=1S/C15H18N2.C2H6/c1-4-14-12(3)9-15(16)17(14)10-13-7-5-11(2)6-8-13;1-2/h4-9,16H,10H2,1-3H3;1-2H3/b14-4-,16-15?;. The van der Waals surface area contributed by atoms with Crippen LogP contribution >= 0.6 is 0 Å². The molecule has 102 valence electrons. The van der Waals surface area contributed by atoms with Gasteiger partial charge in [-0.3, -0.25) is 5.41 Å². The van der Waals surface area contributed by atoms with Crippen molar-refractivity contribution in [3.8, 4) is 0 Å². The Balaban J connectivity index is 0.000000861. The van der Waals surface area contributed by atoms with E-state index in [-0.39, 0.29) is 0 Å². The second-order valence-electron chi connectivity index (χ2n) is 4.46. The van der Waals surface area contributed by atoms with Crippen LogP contribution in [-0.2, 0) is 6.54 Å². The molecule has 2 nitrogen and oxygen atoms in total. The summed E-state index contributed by atoms with van der Waals surface area (Å²) in [5, 5.41) is 7.97. The predicted octanol–water partition coefficient (Wildman–Crippen LogP) is 4.66. The maximum atomic E-state index is 7.97. The minimum absolute atomic E-state index is 0.580. The Hall–Kier alpha value is -1.83. The zero-order valence-corrected chi connectivity index (χ0v) is 12.6. The molecule has 0 fully saturated rings. The highest BCUT2D eigenvalue weighted by atomic mass is 15.2. The van der Waals surface area contributed by atoms with Crippen molar-refractivity contribution in [2.75, 3.05) is 0 Å². The minimum atomic E-state index is 0.580. The first-order chi connectivity index (χ1) is 9.11. The summed E-state index contributed by atoms with van der Waals surface area (Å²) < 4.78 is 0. The third-order valence-corrected chi connectivity index (χ3v) is 3.07. The topological polar surface area (TPSA) is 27.1 Å². The van der Waals surface area contributed by atoms with Gasteiger partial charge in [0.05, 0.1) is 0 Å². The molecule has 0 atom stereocenters. The van der Waals surface area contributed by atoms with Crippen LogP contribution in [0, 0.1) is 12.3 Å². The highest BCUT2D eigenvalue weighted by Gasteiger charge is 2.21. The molecule has 1 aliphatic heterocycles. The van der Waals surface area contributed by atoms with E-state index in [0.29, 0.717) is 5.84 Å². The maximum absolute atomic E-state index is 7.97. The van der Waals surface area contributed by atoms with Gasteiger partial charge in [0.15, 0.2) is 0 Å². The van der Waals surface area contributed by atoms with E-state index in [2.05, 4.69) is 44.2 Å². The van der Waals surface area contributed by atoms with E-state index in [0.717, 1.165) is 12.2 Å². The first-order valence-electron chi connectivity index (χ1n) is 6.88. The molecule has 2 rings (SSSR count). The Bertz CT molecular complexity index is 492. The lowest BCUT2D eigenvalue weighted by molar-refractivity contribution is 0.526. The highest BCUT2D eigenvalue weighted by molar-refractivity contribution is 5.96. The molecule has 1 N–H and O–H groups in total. The van der Waals surface area contributed by atoms with Gasteiger partial charge in [-0.05, 0) is 38.0 Å². The fraction of sp³-hybridized carbons (Fsp3) is 0.353. The second-order valence-corrected chi connectivity index (χ2v) is 4.46. The van der Waals surface area contributed by atoms with Crippen molar-refractivity contribution >= 4 is 5.84 Å². The first-order valence-corrected chi connectivity index (χ1v) is 6.88. The van der Waals surface area contributed by atoms with Crippen LogP contribution in [0.3, 0.4) is 0 Å².